The Morgan fingerprint density at radius 1 is 0.933 bits per heavy atom. The summed E-state index contributed by atoms with van der Waals surface area (Å²) in [6, 6.07) is 24.0. The molecule has 0 aliphatic rings. The van der Waals surface area contributed by atoms with E-state index in [1.807, 2.05) is 60.7 Å². The number of nitrogens with zero attached hydrogens (tertiary/aromatic N) is 4. The van der Waals surface area contributed by atoms with E-state index in [2.05, 4.69) is 39.1 Å². The van der Waals surface area contributed by atoms with Gasteiger partial charge in [0.15, 0.2) is 0 Å². The van der Waals surface area contributed by atoms with E-state index in [-0.39, 0.29) is 0 Å². The van der Waals surface area contributed by atoms with Crippen LogP contribution in [-0.4, -0.2) is 19.7 Å². The van der Waals surface area contributed by atoms with Gasteiger partial charge in [0.2, 0.25) is 5.13 Å². The number of para-hydroxylation sites is 3. The number of imidazole rings is 1. The Bertz CT molecular complexity index is 1320. The van der Waals surface area contributed by atoms with E-state index >= 15 is 0 Å². The molecular weight excluding hydrogens is 414 g/mol. The normalized spacial score (nSPS) is 11.1. The molecule has 0 radical (unpaired) electrons. The van der Waals surface area contributed by atoms with Gasteiger partial charge in [-0.15, -0.1) is 10.2 Å². The molecule has 30 heavy (non-hydrogen) atoms. The fraction of sp³-hybridized carbons (Fsp3) is 0.0870. The lowest BCUT2D eigenvalue weighted by Crippen LogP contribution is -2.02. The molecule has 5 rings (SSSR count). The molecular formula is C23H18ClN5S. The third kappa shape index (κ3) is 3.67. The number of aryl methyl sites for hydroxylation is 1. The Morgan fingerprint density at radius 3 is 2.53 bits per heavy atom. The van der Waals surface area contributed by atoms with Crippen molar-refractivity contribution in [1.29, 1.82) is 0 Å². The molecule has 0 atom stereocenters. The first-order valence-corrected chi connectivity index (χ1v) is 10.7. The lowest BCUT2D eigenvalue weighted by atomic mass is 10.2. The minimum absolute atomic E-state index is 0.589. The maximum atomic E-state index is 6.08. The summed E-state index contributed by atoms with van der Waals surface area (Å²) in [5.41, 5.74) is 5.23. The summed E-state index contributed by atoms with van der Waals surface area (Å²) < 4.78 is 2.18. The number of hydrogen-bond donors (Lipinski definition) is 1. The van der Waals surface area contributed by atoms with Crippen LogP contribution in [0.15, 0.2) is 72.8 Å². The maximum absolute atomic E-state index is 6.08. The van der Waals surface area contributed by atoms with Crippen LogP contribution in [0, 0.1) is 6.92 Å². The van der Waals surface area contributed by atoms with Gasteiger partial charge in [0, 0.05) is 16.3 Å². The molecule has 0 amide bonds. The summed E-state index contributed by atoms with van der Waals surface area (Å²) in [5.74, 6) is 0.886. The van der Waals surface area contributed by atoms with Crippen LogP contribution >= 0.6 is 22.9 Å². The van der Waals surface area contributed by atoms with Gasteiger partial charge in [0.05, 0.1) is 17.6 Å². The summed E-state index contributed by atoms with van der Waals surface area (Å²) in [7, 11) is 0. The van der Waals surface area contributed by atoms with Crippen molar-refractivity contribution >= 4 is 44.8 Å². The van der Waals surface area contributed by atoms with Crippen LogP contribution in [0.3, 0.4) is 0 Å². The highest BCUT2D eigenvalue weighted by Gasteiger charge is 2.15. The molecule has 7 heteroatoms. The van der Waals surface area contributed by atoms with Crippen molar-refractivity contribution in [3.8, 4) is 11.4 Å². The molecule has 0 aliphatic heterocycles. The summed E-state index contributed by atoms with van der Waals surface area (Å²) in [4.78, 5) is 4.86. The quantitative estimate of drug-likeness (QED) is 0.354. The summed E-state index contributed by atoms with van der Waals surface area (Å²) in [6.45, 7) is 2.66. The fourth-order valence-electron chi connectivity index (χ4n) is 3.39. The number of aromatic nitrogens is 4. The minimum atomic E-state index is 0.589. The predicted octanol–water partition coefficient (Wildman–Crippen LogP) is 6.31. The molecule has 2 heterocycles. The Morgan fingerprint density at radius 2 is 1.70 bits per heavy atom. The third-order valence-electron chi connectivity index (χ3n) is 4.90. The van der Waals surface area contributed by atoms with Gasteiger partial charge < -0.3 is 9.88 Å². The molecule has 0 saturated heterocycles. The lowest BCUT2D eigenvalue weighted by molar-refractivity contribution is 0.809. The zero-order chi connectivity index (χ0) is 20.5. The second kappa shape index (κ2) is 7.89. The molecule has 5 nitrogen and oxygen atoms in total. The van der Waals surface area contributed by atoms with E-state index in [0.29, 0.717) is 11.6 Å². The molecule has 0 unspecified atom stereocenters. The van der Waals surface area contributed by atoms with Gasteiger partial charge in [-0.1, -0.05) is 53.3 Å². The van der Waals surface area contributed by atoms with Crippen molar-refractivity contribution in [1.82, 2.24) is 19.7 Å². The second-order valence-electron chi connectivity index (χ2n) is 6.96. The molecule has 1 N–H and O–H groups in total. The van der Waals surface area contributed by atoms with Crippen LogP contribution in [0.25, 0.3) is 22.4 Å². The van der Waals surface area contributed by atoms with Crippen molar-refractivity contribution in [2.45, 2.75) is 13.5 Å². The summed E-state index contributed by atoms with van der Waals surface area (Å²) in [6.07, 6.45) is 0. The molecule has 0 aliphatic carbocycles. The standard InChI is InChI=1S/C23H18ClN5S/c1-15-6-2-3-7-18(15)26-23-28-27-21(30-23)14-29-20-9-5-4-8-19(20)25-22(29)16-10-12-17(24)13-11-16/h2-13H,14H2,1H3,(H,26,28). The molecule has 3 aromatic carbocycles. The zero-order valence-corrected chi connectivity index (χ0v) is 17.8. The molecule has 0 saturated carbocycles. The van der Waals surface area contributed by atoms with Crippen LogP contribution in [-0.2, 0) is 6.54 Å². The summed E-state index contributed by atoms with van der Waals surface area (Å²) in [5, 5.41) is 14.5. The van der Waals surface area contributed by atoms with Crippen LogP contribution in [0.4, 0.5) is 10.8 Å². The second-order valence-corrected chi connectivity index (χ2v) is 8.46. The highest BCUT2D eigenvalue weighted by Crippen LogP contribution is 2.29. The van der Waals surface area contributed by atoms with Crippen molar-refractivity contribution in [2.24, 2.45) is 0 Å². The smallest absolute Gasteiger partial charge is 0.210 e. The van der Waals surface area contributed by atoms with Crippen molar-refractivity contribution in [3.05, 3.63) is 88.4 Å². The van der Waals surface area contributed by atoms with Gasteiger partial charge in [-0.2, -0.15) is 0 Å². The van der Waals surface area contributed by atoms with Crippen molar-refractivity contribution in [2.75, 3.05) is 5.32 Å². The highest BCUT2D eigenvalue weighted by molar-refractivity contribution is 7.15. The van der Waals surface area contributed by atoms with Crippen LogP contribution < -0.4 is 5.32 Å². The first kappa shape index (κ1) is 18.8. The highest BCUT2D eigenvalue weighted by atomic mass is 35.5. The Kier molecular flexibility index (Phi) is 4.94. The van der Waals surface area contributed by atoms with Gasteiger partial charge in [-0.05, 0) is 55.0 Å². The van der Waals surface area contributed by atoms with Crippen LogP contribution in [0.2, 0.25) is 5.02 Å². The van der Waals surface area contributed by atoms with Gasteiger partial charge in [-0.3, -0.25) is 0 Å². The average molecular weight is 432 g/mol. The number of hydrogen-bond acceptors (Lipinski definition) is 5. The van der Waals surface area contributed by atoms with Crippen molar-refractivity contribution < 1.29 is 0 Å². The molecule has 5 aromatic rings. The third-order valence-corrected chi connectivity index (χ3v) is 5.98. The van der Waals surface area contributed by atoms with Gasteiger partial charge in [0.1, 0.15) is 10.8 Å². The maximum Gasteiger partial charge on any atom is 0.210 e. The number of rotatable bonds is 5. The van der Waals surface area contributed by atoms with E-state index in [0.717, 1.165) is 38.2 Å². The number of benzene rings is 3. The SMILES string of the molecule is Cc1ccccc1Nc1nnc(Cn2c(-c3ccc(Cl)cc3)nc3ccccc32)s1. The largest absolute Gasteiger partial charge is 0.330 e. The van der Waals surface area contributed by atoms with E-state index in [9.17, 15) is 0 Å². The molecule has 148 valence electrons. The predicted molar refractivity (Wildman–Crippen MR) is 124 cm³/mol. The molecule has 0 bridgehead atoms. The van der Waals surface area contributed by atoms with E-state index in [4.69, 9.17) is 16.6 Å². The first-order chi connectivity index (χ1) is 14.7. The number of halogens is 1. The molecule has 0 spiro atoms. The average Bonchev–Trinajstić information content (AvgIpc) is 3.35. The number of anilines is 2. The van der Waals surface area contributed by atoms with Crippen molar-refractivity contribution in [3.63, 3.8) is 0 Å². The number of fused-ring (bicyclic) bond motifs is 1. The number of nitrogens with one attached hydrogen (secondary N) is 1. The van der Waals surface area contributed by atoms with Crippen LogP contribution in [0.5, 0.6) is 0 Å². The fourth-order valence-corrected chi connectivity index (χ4v) is 4.25. The van der Waals surface area contributed by atoms with E-state index in [1.165, 1.54) is 5.56 Å². The lowest BCUT2D eigenvalue weighted by Gasteiger charge is -2.07. The van der Waals surface area contributed by atoms with Gasteiger partial charge >= 0.3 is 0 Å². The van der Waals surface area contributed by atoms with Gasteiger partial charge in [-0.25, -0.2) is 4.98 Å². The Labute approximate surface area is 183 Å². The Balaban J connectivity index is 1.50. The first-order valence-electron chi connectivity index (χ1n) is 9.53. The zero-order valence-electron chi connectivity index (χ0n) is 16.2. The Hall–Kier alpha value is -3.22. The van der Waals surface area contributed by atoms with Crippen LogP contribution in [0.1, 0.15) is 10.6 Å². The van der Waals surface area contributed by atoms with E-state index < -0.39 is 0 Å². The topological polar surface area (TPSA) is 55.6 Å². The molecule has 2 aromatic heterocycles. The van der Waals surface area contributed by atoms with E-state index in [1.54, 1.807) is 11.3 Å². The monoisotopic (exact) mass is 431 g/mol. The van der Waals surface area contributed by atoms with Gasteiger partial charge in [0.25, 0.3) is 0 Å². The summed E-state index contributed by atoms with van der Waals surface area (Å²) >= 11 is 7.62. The molecule has 0 fully saturated rings. The minimum Gasteiger partial charge on any atom is -0.330 e.